The summed E-state index contributed by atoms with van der Waals surface area (Å²) in [4.78, 5) is 8.75. The van der Waals surface area contributed by atoms with Crippen LogP contribution in [0.5, 0.6) is 0 Å². The van der Waals surface area contributed by atoms with Crippen LogP contribution in [-0.4, -0.2) is 25.6 Å². The summed E-state index contributed by atoms with van der Waals surface area (Å²) in [7, 11) is 0. The third kappa shape index (κ3) is 3.93. The number of hydrogen-bond donors (Lipinski definition) is 1. The lowest BCUT2D eigenvalue weighted by molar-refractivity contribution is 0.440. The van der Waals surface area contributed by atoms with Crippen molar-refractivity contribution in [2.45, 2.75) is 26.9 Å². The zero-order valence-corrected chi connectivity index (χ0v) is 15.8. The van der Waals surface area contributed by atoms with Crippen molar-refractivity contribution in [1.29, 1.82) is 0 Å². The van der Waals surface area contributed by atoms with Crippen LogP contribution in [0.3, 0.4) is 0 Å². The van der Waals surface area contributed by atoms with E-state index < -0.39 is 0 Å². The summed E-state index contributed by atoms with van der Waals surface area (Å²) in [5.41, 5.74) is 4.57. The number of rotatable bonds is 7. The fourth-order valence-electron chi connectivity index (χ4n) is 3.40. The van der Waals surface area contributed by atoms with E-state index >= 15 is 0 Å². The highest BCUT2D eigenvalue weighted by molar-refractivity contribution is 5.77. The van der Waals surface area contributed by atoms with Crippen LogP contribution in [-0.2, 0) is 13.1 Å². The van der Waals surface area contributed by atoms with Gasteiger partial charge in [0.2, 0.25) is 0 Å². The van der Waals surface area contributed by atoms with E-state index in [1.54, 1.807) is 0 Å². The smallest absolute Gasteiger partial charge is 0.105 e. The Kier molecular flexibility index (Phi) is 5.03. The molecule has 138 valence electrons. The minimum absolute atomic E-state index is 0.550. The highest BCUT2D eigenvalue weighted by Gasteiger charge is 2.06. The van der Waals surface area contributed by atoms with Gasteiger partial charge in [0.1, 0.15) is 12.2 Å². The Bertz CT molecular complexity index is 1010. The first-order valence-corrected chi connectivity index (χ1v) is 9.40. The summed E-state index contributed by atoms with van der Waals surface area (Å²) in [6.07, 6.45) is 5.79. The first kappa shape index (κ1) is 17.5. The lowest BCUT2D eigenvalue weighted by atomic mass is 10.1. The molecule has 0 radical (unpaired) electrons. The molecule has 5 heteroatoms. The van der Waals surface area contributed by atoms with Crippen molar-refractivity contribution in [3.8, 4) is 5.69 Å². The van der Waals surface area contributed by atoms with Gasteiger partial charge in [0.05, 0.1) is 11.0 Å². The van der Waals surface area contributed by atoms with Gasteiger partial charge in [-0.15, -0.1) is 0 Å². The van der Waals surface area contributed by atoms with Gasteiger partial charge in [-0.3, -0.25) is 4.57 Å². The molecule has 0 amide bonds. The molecule has 2 aromatic heterocycles. The second-order valence-electron chi connectivity index (χ2n) is 7.13. The molecule has 0 spiro atoms. The number of hydrogen-bond acceptors (Lipinski definition) is 3. The average molecular weight is 359 g/mol. The lowest BCUT2D eigenvalue weighted by Crippen LogP contribution is -2.24. The van der Waals surface area contributed by atoms with Crippen molar-refractivity contribution in [3.05, 3.63) is 78.6 Å². The highest BCUT2D eigenvalue weighted by atomic mass is 15.1. The van der Waals surface area contributed by atoms with Crippen LogP contribution in [0, 0.1) is 12.8 Å². The van der Waals surface area contributed by atoms with Crippen LogP contribution in [0.1, 0.15) is 18.3 Å². The number of benzene rings is 2. The van der Waals surface area contributed by atoms with E-state index in [9.17, 15) is 0 Å². The normalized spacial score (nSPS) is 12.5. The molecule has 2 heterocycles. The summed E-state index contributed by atoms with van der Waals surface area (Å²) < 4.78 is 4.33. The van der Waals surface area contributed by atoms with Gasteiger partial charge in [-0.25, -0.2) is 9.97 Å². The first-order valence-electron chi connectivity index (χ1n) is 9.40. The Balaban J connectivity index is 1.34. The van der Waals surface area contributed by atoms with Gasteiger partial charge in [0.25, 0.3) is 0 Å². The third-order valence-corrected chi connectivity index (χ3v) is 4.92. The number of nitrogens with zero attached hydrogens (tertiary/aromatic N) is 4. The molecule has 5 nitrogen and oxygen atoms in total. The summed E-state index contributed by atoms with van der Waals surface area (Å²) in [5.74, 6) is 1.62. The highest BCUT2D eigenvalue weighted by Crippen LogP contribution is 2.18. The molecular weight excluding hydrogens is 334 g/mol. The number of aryl methyl sites for hydroxylation is 1. The Morgan fingerprint density at radius 1 is 1.04 bits per heavy atom. The second kappa shape index (κ2) is 7.76. The summed E-state index contributed by atoms with van der Waals surface area (Å²) in [6.45, 7) is 7.15. The quantitative estimate of drug-likeness (QED) is 0.543. The molecule has 1 N–H and O–H groups in total. The summed E-state index contributed by atoms with van der Waals surface area (Å²) >= 11 is 0. The van der Waals surface area contributed by atoms with Crippen molar-refractivity contribution in [2.24, 2.45) is 5.92 Å². The van der Waals surface area contributed by atoms with Gasteiger partial charge < -0.3 is 9.88 Å². The van der Waals surface area contributed by atoms with Gasteiger partial charge in [-0.1, -0.05) is 31.2 Å². The number of aromatic nitrogens is 4. The molecule has 2 aromatic carbocycles. The Labute approximate surface area is 159 Å². The van der Waals surface area contributed by atoms with Crippen LogP contribution in [0.15, 0.2) is 67.3 Å². The largest absolute Gasteiger partial charge is 0.335 e. The molecule has 4 rings (SSSR count). The Morgan fingerprint density at radius 2 is 1.85 bits per heavy atom. The molecule has 0 aliphatic heterocycles. The van der Waals surface area contributed by atoms with E-state index in [0.29, 0.717) is 5.92 Å². The number of para-hydroxylation sites is 2. The van der Waals surface area contributed by atoms with E-state index in [1.807, 2.05) is 43.8 Å². The molecule has 0 saturated heterocycles. The second-order valence-corrected chi connectivity index (χ2v) is 7.13. The maximum absolute atomic E-state index is 4.47. The molecule has 0 fully saturated rings. The molecule has 1 unspecified atom stereocenters. The van der Waals surface area contributed by atoms with E-state index in [2.05, 4.69) is 61.7 Å². The summed E-state index contributed by atoms with van der Waals surface area (Å²) in [6, 6.07) is 16.9. The van der Waals surface area contributed by atoms with E-state index in [-0.39, 0.29) is 0 Å². The molecule has 4 aromatic rings. The topological polar surface area (TPSA) is 47.7 Å². The maximum atomic E-state index is 4.47. The summed E-state index contributed by atoms with van der Waals surface area (Å²) in [5, 5.41) is 3.56. The number of imidazole rings is 2. The molecule has 0 aliphatic rings. The molecule has 0 aliphatic carbocycles. The predicted octanol–water partition coefficient (Wildman–Crippen LogP) is 3.96. The molecular formula is C22H25N5. The minimum Gasteiger partial charge on any atom is -0.335 e. The fourth-order valence-corrected chi connectivity index (χ4v) is 3.40. The van der Waals surface area contributed by atoms with Crippen LogP contribution in [0.2, 0.25) is 0 Å². The zero-order chi connectivity index (χ0) is 18.6. The van der Waals surface area contributed by atoms with Gasteiger partial charge in [-0.2, -0.15) is 0 Å². The van der Waals surface area contributed by atoms with Gasteiger partial charge in [-0.05, 0) is 49.2 Å². The first-order chi connectivity index (χ1) is 13.2. The van der Waals surface area contributed by atoms with Gasteiger partial charge in [0.15, 0.2) is 0 Å². The van der Waals surface area contributed by atoms with Gasteiger partial charge in [0, 0.05) is 31.2 Å². The third-order valence-electron chi connectivity index (χ3n) is 4.92. The standard InChI is InChI=1S/C22H25N5/c1-17(15-26-12-11-24-18(26)2)13-23-14-19-7-9-20(10-8-19)27-16-25-21-5-3-4-6-22(21)27/h3-12,16-17,23H,13-15H2,1-2H3. The van der Waals surface area contributed by atoms with Crippen molar-refractivity contribution in [2.75, 3.05) is 6.54 Å². The van der Waals surface area contributed by atoms with Crippen LogP contribution >= 0.6 is 0 Å². The van der Waals surface area contributed by atoms with Gasteiger partial charge >= 0.3 is 0 Å². The maximum Gasteiger partial charge on any atom is 0.105 e. The molecule has 1 atom stereocenters. The van der Waals surface area contributed by atoms with Crippen LogP contribution < -0.4 is 5.32 Å². The Morgan fingerprint density at radius 3 is 2.63 bits per heavy atom. The van der Waals surface area contributed by atoms with E-state index in [0.717, 1.165) is 42.2 Å². The van der Waals surface area contributed by atoms with Crippen molar-refractivity contribution in [3.63, 3.8) is 0 Å². The van der Waals surface area contributed by atoms with Crippen molar-refractivity contribution >= 4 is 11.0 Å². The fraction of sp³-hybridized carbons (Fsp3) is 0.273. The molecule has 0 bridgehead atoms. The minimum atomic E-state index is 0.550. The average Bonchev–Trinajstić information content (AvgIpc) is 3.29. The van der Waals surface area contributed by atoms with Crippen molar-refractivity contribution in [1.82, 2.24) is 24.4 Å². The molecule has 27 heavy (non-hydrogen) atoms. The predicted molar refractivity (Wildman–Crippen MR) is 109 cm³/mol. The molecule has 0 saturated carbocycles. The number of fused-ring (bicyclic) bond motifs is 1. The van der Waals surface area contributed by atoms with E-state index in [4.69, 9.17) is 0 Å². The van der Waals surface area contributed by atoms with Crippen LogP contribution in [0.25, 0.3) is 16.7 Å². The monoisotopic (exact) mass is 359 g/mol. The zero-order valence-electron chi connectivity index (χ0n) is 15.8. The van der Waals surface area contributed by atoms with Crippen molar-refractivity contribution < 1.29 is 0 Å². The van der Waals surface area contributed by atoms with E-state index in [1.165, 1.54) is 5.56 Å². The SMILES string of the molecule is Cc1nccn1CC(C)CNCc1ccc(-n2cnc3ccccc32)cc1. The Hall–Kier alpha value is -2.92. The van der Waals surface area contributed by atoms with Crippen LogP contribution in [0.4, 0.5) is 0 Å². The lowest BCUT2D eigenvalue weighted by Gasteiger charge is -2.14. The number of nitrogens with one attached hydrogen (secondary N) is 1.